The average Bonchev–Trinajstić information content (AvgIpc) is 2.95. The molecule has 1 N–H and O–H groups in total. The van der Waals surface area contributed by atoms with Crippen LogP contribution in [-0.2, 0) is 7.05 Å². The molecule has 0 saturated heterocycles. The zero-order valence-electron chi connectivity index (χ0n) is 13.9. The molecule has 1 aliphatic rings. The summed E-state index contributed by atoms with van der Waals surface area (Å²) in [6.45, 7) is 1.85. The molecule has 0 fully saturated rings. The Morgan fingerprint density at radius 1 is 1.08 bits per heavy atom. The molecule has 0 saturated carbocycles. The number of nitrogens with one attached hydrogen (secondary N) is 1. The van der Waals surface area contributed by atoms with Crippen LogP contribution in [-0.4, -0.2) is 20.5 Å². The molecule has 0 aliphatic carbocycles. The van der Waals surface area contributed by atoms with Crippen LogP contribution in [0.15, 0.2) is 48.5 Å². The van der Waals surface area contributed by atoms with Gasteiger partial charge in [0.2, 0.25) is 0 Å². The Hall–Kier alpha value is -3.02. The van der Waals surface area contributed by atoms with Crippen LogP contribution in [0.25, 0.3) is 0 Å². The van der Waals surface area contributed by atoms with E-state index in [1.165, 1.54) is 12.1 Å². The lowest BCUT2D eigenvalue weighted by Gasteiger charge is -2.33. The summed E-state index contributed by atoms with van der Waals surface area (Å²) in [6, 6.07) is 13.3. The molecule has 5 nitrogen and oxygen atoms in total. The summed E-state index contributed by atoms with van der Waals surface area (Å²) < 4.78 is 15.2. The van der Waals surface area contributed by atoms with Gasteiger partial charge in [0.1, 0.15) is 23.4 Å². The number of hydrogen-bond acceptors (Lipinski definition) is 4. The molecule has 2 aromatic carbocycles. The van der Waals surface area contributed by atoms with E-state index in [1.807, 2.05) is 42.8 Å². The van der Waals surface area contributed by atoms with Crippen LogP contribution in [0.1, 0.15) is 39.5 Å². The van der Waals surface area contributed by atoms with E-state index in [-0.39, 0.29) is 17.6 Å². The second-order valence-corrected chi connectivity index (χ2v) is 6.23. The highest BCUT2D eigenvalue weighted by atomic mass is 19.1. The first-order chi connectivity index (χ1) is 12.1. The lowest BCUT2D eigenvalue weighted by Crippen LogP contribution is -2.33. The van der Waals surface area contributed by atoms with Crippen molar-refractivity contribution in [3.8, 4) is 0 Å². The zero-order valence-corrected chi connectivity index (χ0v) is 13.9. The number of carbonyl (C=O) groups excluding carboxylic acids is 1. The van der Waals surface area contributed by atoms with Crippen LogP contribution in [0.3, 0.4) is 0 Å². The number of ketones is 1. The summed E-state index contributed by atoms with van der Waals surface area (Å²) in [4.78, 5) is 13.2. The highest BCUT2D eigenvalue weighted by molar-refractivity contribution is 6.07. The summed E-state index contributed by atoms with van der Waals surface area (Å²) in [5, 5.41) is 11.8. The number of carbonyl (C=O) groups is 1. The summed E-state index contributed by atoms with van der Waals surface area (Å²) >= 11 is 0. The summed E-state index contributed by atoms with van der Waals surface area (Å²) in [5.74, 6) is 0.474. The first-order valence-electron chi connectivity index (χ1n) is 8.07. The third-order valence-electron chi connectivity index (χ3n) is 4.75. The fraction of sp³-hybridized carbons (Fsp3) is 0.211. The van der Waals surface area contributed by atoms with Crippen molar-refractivity contribution in [1.29, 1.82) is 0 Å². The number of nitrogens with zero attached hydrogens (tertiary/aromatic N) is 3. The quantitative estimate of drug-likeness (QED) is 0.779. The van der Waals surface area contributed by atoms with E-state index < -0.39 is 5.92 Å². The maximum Gasteiger partial charge on any atom is 0.178 e. The topological polar surface area (TPSA) is 59.8 Å². The number of hydrogen-bond donors (Lipinski definition) is 1. The maximum absolute atomic E-state index is 13.3. The molecule has 3 aromatic rings. The molecule has 4 rings (SSSR count). The van der Waals surface area contributed by atoms with E-state index in [0.717, 1.165) is 17.1 Å². The van der Waals surface area contributed by atoms with Crippen molar-refractivity contribution < 1.29 is 9.18 Å². The van der Waals surface area contributed by atoms with E-state index >= 15 is 0 Å². The molecule has 0 radical (unpaired) electrons. The Kier molecular flexibility index (Phi) is 3.60. The summed E-state index contributed by atoms with van der Waals surface area (Å²) in [7, 11) is 1.85. The van der Waals surface area contributed by atoms with Crippen LogP contribution < -0.4 is 5.32 Å². The zero-order chi connectivity index (χ0) is 17.6. The van der Waals surface area contributed by atoms with Gasteiger partial charge in [0, 0.05) is 18.3 Å². The summed E-state index contributed by atoms with van der Waals surface area (Å²) in [6.07, 6.45) is 0. The molecule has 0 bridgehead atoms. The van der Waals surface area contributed by atoms with Crippen LogP contribution in [0.4, 0.5) is 10.1 Å². The molecule has 1 aromatic heterocycles. The Morgan fingerprint density at radius 2 is 1.80 bits per heavy atom. The van der Waals surface area contributed by atoms with Crippen LogP contribution in [0.2, 0.25) is 0 Å². The van der Waals surface area contributed by atoms with Crippen LogP contribution in [0.5, 0.6) is 0 Å². The summed E-state index contributed by atoms with van der Waals surface area (Å²) in [5.41, 5.74) is 2.23. The number of anilines is 1. The van der Waals surface area contributed by atoms with Gasteiger partial charge in [-0.1, -0.05) is 24.3 Å². The second-order valence-electron chi connectivity index (χ2n) is 6.23. The van der Waals surface area contributed by atoms with Gasteiger partial charge in [-0.25, -0.2) is 4.39 Å². The van der Waals surface area contributed by atoms with Gasteiger partial charge < -0.3 is 9.88 Å². The molecule has 0 amide bonds. The number of rotatable bonds is 2. The predicted molar refractivity (Wildman–Crippen MR) is 92.0 cm³/mol. The van der Waals surface area contributed by atoms with Gasteiger partial charge in [-0.15, -0.1) is 10.2 Å². The SMILES string of the molecule is Cc1nnc(C2C(=O)c3ccccc3NC2c2ccc(F)cc2)n1C. The van der Waals surface area contributed by atoms with Crippen LogP contribution >= 0.6 is 0 Å². The molecule has 2 heterocycles. The monoisotopic (exact) mass is 336 g/mol. The molecule has 2 atom stereocenters. The molecular weight excluding hydrogens is 319 g/mol. The molecule has 2 unspecified atom stereocenters. The Labute approximate surface area is 144 Å². The molecule has 6 heteroatoms. The third kappa shape index (κ3) is 2.50. The number of halogens is 1. The number of aromatic nitrogens is 3. The number of benzene rings is 2. The minimum atomic E-state index is -0.536. The number of Topliss-reactive ketones (excluding diaryl/α,β-unsaturated/α-hetero) is 1. The van der Waals surface area contributed by atoms with Crippen molar-refractivity contribution in [3.05, 3.63) is 77.1 Å². The minimum absolute atomic E-state index is 0.0147. The van der Waals surface area contributed by atoms with Crippen molar-refractivity contribution in [1.82, 2.24) is 14.8 Å². The average molecular weight is 336 g/mol. The van der Waals surface area contributed by atoms with Gasteiger partial charge in [0.05, 0.1) is 6.04 Å². The van der Waals surface area contributed by atoms with E-state index in [1.54, 1.807) is 12.1 Å². The number of aryl methyl sites for hydroxylation is 1. The molecule has 1 aliphatic heterocycles. The fourth-order valence-corrected chi connectivity index (χ4v) is 3.30. The number of para-hydroxylation sites is 1. The van der Waals surface area contributed by atoms with Crippen LogP contribution in [0, 0.1) is 12.7 Å². The van der Waals surface area contributed by atoms with Crippen molar-refractivity contribution in [3.63, 3.8) is 0 Å². The number of fused-ring (bicyclic) bond motifs is 1. The Bertz CT molecular complexity index is 948. The lowest BCUT2D eigenvalue weighted by molar-refractivity contribution is 0.0939. The predicted octanol–water partition coefficient (Wildman–Crippen LogP) is 3.40. The van der Waals surface area contributed by atoms with Crippen molar-refractivity contribution in [2.24, 2.45) is 7.05 Å². The third-order valence-corrected chi connectivity index (χ3v) is 4.75. The minimum Gasteiger partial charge on any atom is -0.376 e. The normalized spacial score (nSPS) is 19.4. The van der Waals surface area contributed by atoms with E-state index in [2.05, 4.69) is 15.5 Å². The smallest absolute Gasteiger partial charge is 0.178 e. The van der Waals surface area contributed by atoms with Crippen molar-refractivity contribution >= 4 is 11.5 Å². The van der Waals surface area contributed by atoms with Gasteiger partial charge in [-0.2, -0.15) is 0 Å². The molecule has 25 heavy (non-hydrogen) atoms. The van der Waals surface area contributed by atoms with E-state index in [4.69, 9.17) is 0 Å². The van der Waals surface area contributed by atoms with Gasteiger partial charge in [0.15, 0.2) is 5.78 Å². The van der Waals surface area contributed by atoms with Gasteiger partial charge >= 0.3 is 0 Å². The van der Waals surface area contributed by atoms with E-state index in [9.17, 15) is 9.18 Å². The van der Waals surface area contributed by atoms with Gasteiger partial charge in [-0.05, 0) is 36.8 Å². The van der Waals surface area contributed by atoms with Gasteiger partial charge in [-0.3, -0.25) is 4.79 Å². The highest BCUT2D eigenvalue weighted by Crippen LogP contribution is 2.41. The molecular formula is C19H17FN4O. The first kappa shape index (κ1) is 15.5. The van der Waals surface area contributed by atoms with Crippen molar-refractivity contribution in [2.45, 2.75) is 18.9 Å². The largest absolute Gasteiger partial charge is 0.376 e. The first-order valence-corrected chi connectivity index (χ1v) is 8.07. The highest BCUT2D eigenvalue weighted by Gasteiger charge is 2.40. The maximum atomic E-state index is 13.3. The van der Waals surface area contributed by atoms with Crippen molar-refractivity contribution in [2.75, 3.05) is 5.32 Å². The molecule has 126 valence electrons. The Morgan fingerprint density at radius 3 is 2.48 bits per heavy atom. The lowest BCUT2D eigenvalue weighted by atomic mass is 9.82. The standard InChI is InChI=1S/C19H17FN4O/c1-11-22-23-19(24(11)2)16-17(12-7-9-13(20)10-8-12)21-15-6-4-3-5-14(15)18(16)25/h3-10,16-17,21H,1-2H3. The fourth-order valence-electron chi connectivity index (χ4n) is 3.30. The second kappa shape index (κ2) is 5.81. The van der Waals surface area contributed by atoms with E-state index in [0.29, 0.717) is 11.4 Å². The Balaban J connectivity index is 1.88. The molecule has 0 spiro atoms. The van der Waals surface area contributed by atoms with Gasteiger partial charge in [0.25, 0.3) is 0 Å².